The summed E-state index contributed by atoms with van der Waals surface area (Å²) < 4.78 is 16.8. The van der Waals surface area contributed by atoms with Crippen molar-refractivity contribution in [2.45, 2.75) is 317 Å². The molecule has 63 heavy (non-hydrogen) atoms. The Morgan fingerprint density at radius 3 is 0.683 bits per heavy atom. The molecule has 0 fully saturated rings. The molecular formula is C57H110O6. The van der Waals surface area contributed by atoms with Gasteiger partial charge in [0.2, 0.25) is 0 Å². The van der Waals surface area contributed by atoms with E-state index in [1.54, 1.807) is 0 Å². The summed E-state index contributed by atoms with van der Waals surface area (Å²) in [4.78, 5) is 38.0. The third-order valence-electron chi connectivity index (χ3n) is 12.9. The van der Waals surface area contributed by atoms with Gasteiger partial charge in [0.25, 0.3) is 0 Å². The maximum Gasteiger partial charge on any atom is 0.306 e. The van der Waals surface area contributed by atoms with Gasteiger partial charge in [-0.25, -0.2) is 0 Å². The van der Waals surface area contributed by atoms with Gasteiger partial charge in [-0.3, -0.25) is 14.4 Å². The Morgan fingerprint density at radius 2 is 0.460 bits per heavy atom. The molecule has 0 aliphatic carbocycles. The molecule has 0 heterocycles. The molecule has 0 spiro atoms. The van der Waals surface area contributed by atoms with Gasteiger partial charge < -0.3 is 14.2 Å². The van der Waals surface area contributed by atoms with Gasteiger partial charge >= 0.3 is 17.9 Å². The normalized spacial score (nSPS) is 12.1. The molecule has 0 N–H and O–H groups in total. The summed E-state index contributed by atoms with van der Waals surface area (Å²) in [6.07, 6.45) is 49.6. The molecule has 0 radical (unpaired) electrons. The quantitative estimate of drug-likeness (QED) is 0.0344. The van der Waals surface area contributed by atoms with Crippen LogP contribution in [-0.4, -0.2) is 37.2 Å². The van der Waals surface area contributed by atoms with E-state index < -0.39 is 6.10 Å². The van der Waals surface area contributed by atoms with Crippen molar-refractivity contribution in [3.8, 4) is 0 Å². The molecule has 0 saturated heterocycles. The number of carbonyl (C=O) groups excluding carboxylic acids is 3. The van der Waals surface area contributed by atoms with E-state index in [0.29, 0.717) is 19.3 Å². The van der Waals surface area contributed by atoms with Crippen LogP contribution < -0.4 is 0 Å². The second-order valence-electron chi connectivity index (χ2n) is 21.0. The third kappa shape index (κ3) is 51.3. The van der Waals surface area contributed by atoms with E-state index in [2.05, 4.69) is 41.5 Å². The summed E-state index contributed by atoms with van der Waals surface area (Å²) in [5.74, 6) is 1.62. The first-order chi connectivity index (χ1) is 30.6. The zero-order valence-electron chi connectivity index (χ0n) is 43.4. The minimum absolute atomic E-state index is 0.0643. The van der Waals surface area contributed by atoms with Crippen LogP contribution >= 0.6 is 0 Å². The van der Waals surface area contributed by atoms with E-state index in [-0.39, 0.29) is 31.1 Å². The molecule has 0 rings (SSSR count). The number of esters is 3. The highest BCUT2D eigenvalue weighted by Crippen LogP contribution is 2.18. The van der Waals surface area contributed by atoms with Crippen LogP contribution in [0.4, 0.5) is 0 Å². The van der Waals surface area contributed by atoms with Crippen LogP contribution in [0.2, 0.25) is 0 Å². The van der Waals surface area contributed by atoms with Crippen LogP contribution in [0.1, 0.15) is 311 Å². The Hall–Kier alpha value is -1.59. The van der Waals surface area contributed by atoms with Crippen molar-refractivity contribution in [2.24, 2.45) is 17.8 Å². The van der Waals surface area contributed by atoms with Crippen molar-refractivity contribution in [3.63, 3.8) is 0 Å². The number of rotatable bonds is 50. The molecule has 374 valence electrons. The summed E-state index contributed by atoms with van der Waals surface area (Å²) >= 11 is 0. The van der Waals surface area contributed by atoms with Gasteiger partial charge in [0.05, 0.1) is 0 Å². The van der Waals surface area contributed by atoms with Gasteiger partial charge in [-0.2, -0.15) is 0 Å². The number of unbranched alkanes of at least 4 members (excludes halogenated alkanes) is 33. The minimum atomic E-state index is -0.763. The number of hydrogen-bond donors (Lipinski definition) is 0. The lowest BCUT2D eigenvalue weighted by Gasteiger charge is -2.18. The van der Waals surface area contributed by atoms with E-state index in [4.69, 9.17) is 14.2 Å². The van der Waals surface area contributed by atoms with Crippen molar-refractivity contribution in [1.29, 1.82) is 0 Å². The largest absolute Gasteiger partial charge is 0.462 e. The van der Waals surface area contributed by atoms with Crippen molar-refractivity contribution in [1.82, 2.24) is 0 Å². The van der Waals surface area contributed by atoms with Gasteiger partial charge in [0, 0.05) is 19.3 Å². The number of ether oxygens (including phenoxy) is 3. The Balaban J connectivity index is 4.22. The summed E-state index contributed by atoms with van der Waals surface area (Å²) in [5, 5.41) is 0. The number of hydrogen-bond acceptors (Lipinski definition) is 6. The van der Waals surface area contributed by atoms with Crippen molar-refractivity contribution < 1.29 is 28.6 Å². The fourth-order valence-corrected chi connectivity index (χ4v) is 8.65. The van der Waals surface area contributed by atoms with Crippen LogP contribution in [0, 0.1) is 17.8 Å². The van der Waals surface area contributed by atoms with Crippen molar-refractivity contribution >= 4 is 17.9 Å². The standard InChI is InChI=1S/C57H110O6/c1-51(2)43-37-31-25-19-15-13-11-9-7-8-10-12-14-16-22-28-34-40-46-55(58)61-49-54(63-57(60)48-42-36-30-24-18-21-27-33-39-45-53(5)6)50-62-56(59)47-41-35-29-23-17-20-26-32-38-44-52(3)4/h51-54H,7-50H2,1-6H3/t54-/m0/s1. The van der Waals surface area contributed by atoms with Crippen LogP contribution in [-0.2, 0) is 28.6 Å². The van der Waals surface area contributed by atoms with Gasteiger partial charge in [-0.15, -0.1) is 0 Å². The molecule has 0 aromatic heterocycles. The predicted molar refractivity (Wildman–Crippen MR) is 270 cm³/mol. The molecule has 0 aromatic carbocycles. The molecule has 6 heteroatoms. The van der Waals surface area contributed by atoms with E-state index >= 15 is 0 Å². The van der Waals surface area contributed by atoms with Gasteiger partial charge in [-0.1, -0.05) is 273 Å². The smallest absolute Gasteiger partial charge is 0.306 e. The molecule has 0 bridgehead atoms. The van der Waals surface area contributed by atoms with E-state index in [0.717, 1.165) is 75.5 Å². The second-order valence-corrected chi connectivity index (χ2v) is 21.0. The maximum absolute atomic E-state index is 12.8. The second kappa shape index (κ2) is 48.3. The molecule has 1 atom stereocenters. The Labute approximate surface area is 393 Å². The first-order valence-electron chi connectivity index (χ1n) is 28.1. The lowest BCUT2D eigenvalue weighted by molar-refractivity contribution is -0.167. The molecule has 0 aliphatic heterocycles. The average Bonchev–Trinajstić information content (AvgIpc) is 3.24. The highest BCUT2D eigenvalue weighted by Gasteiger charge is 2.19. The molecule has 0 aliphatic rings. The average molecular weight is 892 g/mol. The highest BCUT2D eigenvalue weighted by atomic mass is 16.6. The highest BCUT2D eigenvalue weighted by molar-refractivity contribution is 5.71. The van der Waals surface area contributed by atoms with Crippen LogP contribution in [0.25, 0.3) is 0 Å². The lowest BCUT2D eigenvalue weighted by Crippen LogP contribution is -2.30. The third-order valence-corrected chi connectivity index (χ3v) is 12.9. The maximum atomic E-state index is 12.8. The molecule has 0 unspecified atom stereocenters. The summed E-state index contributed by atoms with van der Waals surface area (Å²) in [6.45, 7) is 13.7. The SMILES string of the molecule is CC(C)CCCCCCCCCCCCCCCCCCCCC(=O)OC[C@@H](COC(=O)CCCCCCCCCCCC(C)C)OC(=O)CCCCCCCCCCCC(C)C. The molecular weight excluding hydrogens is 781 g/mol. The van der Waals surface area contributed by atoms with Crippen molar-refractivity contribution in [3.05, 3.63) is 0 Å². The van der Waals surface area contributed by atoms with E-state index in [9.17, 15) is 14.4 Å². The zero-order chi connectivity index (χ0) is 46.3. The summed E-state index contributed by atoms with van der Waals surface area (Å²) in [6, 6.07) is 0. The van der Waals surface area contributed by atoms with E-state index in [1.807, 2.05) is 0 Å². The fourth-order valence-electron chi connectivity index (χ4n) is 8.65. The Morgan fingerprint density at radius 1 is 0.270 bits per heavy atom. The predicted octanol–water partition coefficient (Wildman–Crippen LogP) is 18.3. The van der Waals surface area contributed by atoms with E-state index in [1.165, 1.54) is 193 Å². The van der Waals surface area contributed by atoms with Crippen LogP contribution in [0.5, 0.6) is 0 Å². The lowest BCUT2D eigenvalue weighted by atomic mass is 10.0. The molecule has 0 aromatic rings. The van der Waals surface area contributed by atoms with Crippen LogP contribution in [0.3, 0.4) is 0 Å². The molecule has 0 amide bonds. The summed E-state index contributed by atoms with van der Waals surface area (Å²) in [5.41, 5.74) is 0. The van der Waals surface area contributed by atoms with Crippen molar-refractivity contribution in [2.75, 3.05) is 13.2 Å². The molecule has 6 nitrogen and oxygen atoms in total. The summed E-state index contributed by atoms with van der Waals surface area (Å²) in [7, 11) is 0. The number of carbonyl (C=O) groups is 3. The van der Waals surface area contributed by atoms with Gasteiger partial charge in [0.1, 0.15) is 13.2 Å². The van der Waals surface area contributed by atoms with Gasteiger partial charge in [-0.05, 0) is 37.0 Å². The fraction of sp³-hybridized carbons (Fsp3) is 0.947. The first kappa shape index (κ1) is 61.4. The zero-order valence-corrected chi connectivity index (χ0v) is 43.4. The molecule has 0 saturated carbocycles. The van der Waals surface area contributed by atoms with Gasteiger partial charge in [0.15, 0.2) is 6.10 Å². The monoisotopic (exact) mass is 891 g/mol. The Kier molecular flexibility index (Phi) is 47.1. The first-order valence-corrected chi connectivity index (χ1v) is 28.1. The topological polar surface area (TPSA) is 78.9 Å². The minimum Gasteiger partial charge on any atom is -0.462 e. The Bertz CT molecular complexity index is 976. The van der Waals surface area contributed by atoms with Crippen LogP contribution in [0.15, 0.2) is 0 Å².